The maximum atomic E-state index is 13.1. The number of aromatic nitrogens is 1. The van der Waals surface area contributed by atoms with E-state index in [-0.39, 0.29) is 11.9 Å². The number of urea groups is 1. The average Bonchev–Trinajstić information content (AvgIpc) is 2.74. The van der Waals surface area contributed by atoms with Crippen molar-refractivity contribution in [1.82, 2.24) is 20.1 Å². The lowest BCUT2D eigenvalue weighted by molar-refractivity contribution is 0.0661. The molecular weight excluding hydrogens is 364 g/mol. The van der Waals surface area contributed by atoms with Crippen LogP contribution in [0.1, 0.15) is 53.7 Å². The second kappa shape index (κ2) is 8.39. The van der Waals surface area contributed by atoms with E-state index in [4.69, 9.17) is 0 Å². The smallest absolute Gasteiger partial charge is 0.317 e. The van der Waals surface area contributed by atoms with Gasteiger partial charge in [0.25, 0.3) is 5.91 Å². The maximum absolute atomic E-state index is 13.1. The molecule has 2 heterocycles. The van der Waals surface area contributed by atoms with Crippen LogP contribution in [0.15, 0.2) is 24.3 Å². The van der Waals surface area contributed by atoms with Crippen LogP contribution >= 0.6 is 0 Å². The Hall–Kier alpha value is -2.63. The van der Waals surface area contributed by atoms with Gasteiger partial charge in [0.2, 0.25) is 0 Å². The van der Waals surface area contributed by atoms with Crippen LogP contribution in [0.2, 0.25) is 0 Å². The van der Waals surface area contributed by atoms with Crippen LogP contribution in [0, 0.1) is 13.8 Å². The molecule has 0 radical (unpaired) electrons. The third-order valence-electron chi connectivity index (χ3n) is 6.18. The van der Waals surface area contributed by atoms with Gasteiger partial charge in [0.1, 0.15) is 0 Å². The summed E-state index contributed by atoms with van der Waals surface area (Å²) < 4.78 is 0. The summed E-state index contributed by atoms with van der Waals surface area (Å²) in [6.07, 6.45) is 5.84. The topological polar surface area (TPSA) is 65.5 Å². The molecule has 1 aromatic heterocycles. The van der Waals surface area contributed by atoms with E-state index < -0.39 is 0 Å². The Morgan fingerprint density at radius 1 is 0.966 bits per heavy atom. The Morgan fingerprint density at radius 3 is 2.38 bits per heavy atom. The molecule has 1 saturated heterocycles. The highest BCUT2D eigenvalue weighted by Gasteiger charge is 2.27. The van der Waals surface area contributed by atoms with E-state index in [0.29, 0.717) is 37.8 Å². The molecule has 6 heteroatoms. The second-order valence-electron chi connectivity index (χ2n) is 8.38. The zero-order valence-corrected chi connectivity index (χ0v) is 17.4. The van der Waals surface area contributed by atoms with E-state index in [1.54, 1.807) is 0 Å². The van der Waals surface area contributed by atoms with E-state index in [2.05, 4.69) is 16.4 Å². The van der Waals surface area contributed by atoms with Crippen molar-refractivity contribution in [2.45, 2.75) is 52.0 Å². The summed E-state index contributed by atoms with van der Waals surface area (Å²) in [5.74, 6) is 0.00532. The van der Waals surface area contributed by atoms with E-state index in [0.717, 1.165) is 35.0 Å². The maximum Gasteiger partial charge on any atom is 0.317 e. The number of hydrogen-bond donors (Lipinski definition) is 1. The summed E-state index contributed by atoms with van der Waals surface area (Å²) in [5, 5.41) is 4.16. The van der Waals surface area contributed by atoms with Crippen LogP contribution in [0.5, 0.6) is 0 Å². The van der Waals surface area contributed by atoms with Gasteiger partial charge >= 0.3 is 6.03 Å². The first-order chi connectivity index (χ1) is 14.0. The molecule has 1 aliphatic heterocycles. The van der Waals surface area contributed by atoms with Crippen LogP contribution in [0.4, 0.5) is 4.79 Å². The molecule has 2 fully saturated rings. The number of amides is 3. The molecular formula is C23H30N4O2. The lowest BCUT2D eigenvalue weighted by atomic mass is 9.96. The Kier molecular flexibility index (Phi) is 5.69. The van der Waals surface area contributed by atoms with Gasteiger partial charge in [0.05, 0.1) is 16.8 Å². The molecule has 29 heavy (non-hydrogen) atoms. The summed E-state index contributed by atoms with van der Waals surface area (Å²) in [4.78, 5) is 34.0. The van der Waals surface area contributed by atoms with Crippen molar-refractivity contribution in [2.75, 3.05) is 26.2 Å². The van der Waals surface area contributed by atoms with E-state index in [1.165, 1.54) is 19.3 Å². The van der Waals surface area contributed by atoms with Gasteiger partial charge in [-0.2, -0.15) is 0 Å². The van der Waals surface area contributed by atoms with Gasteiger partial charge in [-0.25, -0.2) is 4.79 Å². The predicted molar refractivity (Wildman–Crippen MR) is 114 cm³/mol. The highest BCUT2D eigenvalue weighted by atomic mass is 16.2. The van der Waals surface area contributed by atoms with E-state index in [1.807, 2.05) is 41.8 Å². The number of hydrogen-bond acceptors (Lipinski definition) is 3. The lowest BCUT2D eigenvalue weighted by Crippen LogP contribution is -2.54. The molecule has 1 aliphatic carbocycles. The van der Waals surface area contributed by atoms with Gasteiger partial charge < -0.3 is 15.1 Å². The lowest BCUT2D eigenvalue weighted by Gasteiger charge is -2.36. The minimum absolute atomic E-state index is 0.00532. The van der Waals surface area contributed by atoms with Gasteiger partial charge in [0, 0.05) is 37.6 Å². The summed E-state index contributed by atoms with van der Waals surface area (Å²) in [6, 6.07) is 8.37. The minimum Gasteiger partial charge on any atom is -0.335 e. The van der Waals surface area contributed by atoms with Gasteiger partial charge in [-0.1, -0.05) is 30.9 Å². The zero-order valence-electron chi connectivity index (χ0n) is 17.4. The average molecular weight is 395 g/mol. The van der Waals surface area contributed by atoms with Crippen molar-refractivity contribution < 1.29 is 9.59 Å². The first-order valence-corrected chi connectivity index (χ1v) is 10.7. The minimum atomic E-state index is 0.00532. The van der Waals surface area contributed by atoms with Crippen molar-refractivity contribution in [2.24, 2.45) is 0 Å². The number of fused-ring (bicyclic) bond motifs is 1. The largest absolute Gasteiger partial charge is 0.335 e. The summed E-state index contributed by atoms with van der Waals surface area (Å²) >= 11 is 0. The fraction of sp³-hybridized carbons (Fsp3) is 0.522. The molecule has 0 atom stereocenters. The third-order valence-corrected chi connectivity index (χ3v) is 6.18. The molecule has 2 aliphatic rings. The molecule has 0 unspecified atom stereocenters. The third kappa shape index (κ3) is 4.36. The quantitative estimate of drug-likeness (QED) is 0.845. The normalized spacial score (nSPS) is 18.1. The summed E-state index contributed by atoms with van der Waals surface area (Å²) in [7, 11) is 0. The number of nitrogens with one attached hydrogen (secondary N) is 1. The fourth-order valence-corrected chi connectivity index (χ4v) is 4.40. The molecule has 2 aromatic rings. The molecule has 154 valence electrons. The summed E-state index contributed by atoms with van der Waals surface area (Å²) in [5.41, 5.74) is 3.47. The molecule has 6 nitrogen and oxygen atoms in total. The number of nitrogens with zero attached hydrogens (tertiary/aromatic N) is 3. The van der Waals surface area contributed by atoms with Crippen molar-refractivity contribution in [1.29, 1.82) is 0 Å². The van der Waals surface area contributed by atoms with Gasteiger partial charge in [-0.3, -0.25) is 9.78 Å². The van der Waals surface area contributed by atoms with Crippen molar-refractivity contribution >= 4 is 22.8 Å². The van der Waals surface area contributed by atoms with Gasteiger partial charge in [-0.15, -0.1) is 0 Å². The number of pyridine rings is 1. The molecule has 1 aromatic carbocycles. The van der Waals surface area contributed by atoms with Crippen LogP contribution in [-0.2, 0) is 0 Å². The molecule has 0 spiro atoms. The Morgan fingerprint density at radius 2 is 1.66 bits per heavy atom. The zero-order chi connectivity index (χ0) is 20.4. The van der Waals surface area contributed by atoms with Crippen LogP contribution < -0.4 is 5.32 Å². The van der Waals surface area contributed by atoms with Crippen LogP contribution in [0.25, 0.3) is 10.9 Å². The van der Waals surface area contributed by atoms with E-state index in [9.17, 15) is 9.59 Å². The highest BCUT2D eigenvalue weighted by molar-refractivity contribution is 5.98. The predicted octanol–water partition coefficient (Wildman–Crippen LogP) is 3.65. The van der Waals surface area contributed by atoms with Crippen LogP contribution in [0.3, 0.4) is 0 Å². The van der Waals surface area contributed by atoms with Gasteiger partial charge in [-0.05, 0) is 44.9 Å². The SMILES string of the molecule is Cc1ccc2nc(C)c(C(=O)N3CCN(C(=O)NC4CCCCC4)CC3)cc2c1. The van der Waals surface area contributed by atoms with Crippen molar-refractivity contribution in [3.8, 4) is 0 Å². The number of aryl methyl sites for hydroxylation is 2. The van der Waals surface area contributed by atoms with Crippen molar-refractivity contribution in [3.05, 3.63) is 41.1 Å². The number of carbonyl (C=O) groups excluding carboxylic acids is 2. The van der Waals surface area contributed by atoms with Crippen LogP contribution in [-0.4, -0.2) is 58.9 Å². The molecule has 1 saturated carbocycles. The Labute approximate surface area is 172 Å². The monoisotopic (exact) mass is 394 g/mol. The Balaban J connectivity index is 1.39. The fourth-order valence-electron chi connectivity index (χ4n) is 4.40. The first-order valence-electron chi connectivity index (χ1n) is 10.7. The number of benzene rings is 1. The second-order valence-corrected chi connectivity index (χ2v) is 8.38. The summed E-state index contributed by atoms with van der Waals surface area (Å²) in [6.45, 7) is 6.19. The first kappa shape index (κ1) is 19.7. The number of carbonyl (C=O) groups is 2. The molecule has 0 bridgehead atoms. The van der Waals surface area contributed by atoms with E-state index >= 15 is 0 Å². The highest BCUT2D eigenvalue weighted by Crippen LogP contribution is 2.21. The number of piperazine rings is 1. The molecule has 3 amide bonds. The Bertz CT molecular complexity index is 912. The standard InChI is InChI=1S/C23H30N4O2/c1-16-8-9-21-18(14-16)15-20(17(2)24-21)22(28)26-10-12-27(13-11-26)23(29)25-19-6-4-3-5-7-19/h8-9,14-15,19H,3-7,10-13H2,1-2H3,(H,25,29). The molecule has 4 rings (SSSR count). The molecule has 1 N–H and O–H groups in total. The van der Waals surface area contributed by atoms with Gasteiger partial charge in [0.15, 0.2) is 0 Å². The number of rotatable bonds is 2. The van der Waals surface area contributed by atoms with Crippen molar-refractivity contribution in [3.63, 3.8) is 0 Å².